The summed E-state index contributed by atoms with van der Waals surface area (Å²) >= 11 is 37.1. The molecule has 2 saturated carbocycles. The summed E-state index contributed by atoms with van der Waals surface area (Å²) in [5.74, 6) is -1.76. The van der Waals surface area contributed by atoms with Crippen molar-refractivity contribution in [1.29, 1.82) is 0 Å². The van der Waals surface area contributed by atoms with Gasteiger partial charge in [-0.3, -0.25) is 14.4 Å². The van der Waals surface area contributed by atoms with Crippen molar-refractivity contribution in [3.8, 4) is 0 Å². The second-order valence-corrected chi connectivity index (χ2v) is 10.8. The molecule has 0 saturated heterocycles. The molecule has 5 nitrogen and oxygen atoms in total. The van der Waals surface area contributed by atoms with Crippen molar-refractivity contribution < 1.29 is 14.4 Å². The number of nitrogens with one attached hydrogen (secondary N) is 2. The van der Waals surface area contributed by atoms with Gasteiger partial charge >= 0.3 is 0 Å². The number of hydrogen-bond donors (Lipinski definition) is 2. The van der Waals surface area contributed by atoms with E-state index in [-0.39, 0.29) is 25.7 Å². The van der Waals surface area contributed by atoms with E-state index in [1.165, 1.54) is 12.1 Å². The van der Waals surface area contributed by atoms with Gasteiger partial charge in [-0.05, 0) is 54.7 Å². The van der Waals surface area contributed by atoms with Crippen molar-refractivity contribution >= 4 is 87.1 Å². The molecule has 11 heteroatoms. The van der Waals surface area contributed by atoms with E-state index < -0.39 is 28.0 Å². The van der Waals surface area contributed by atoms with Gasteiger partial charge in [0.2, 0.25) is 5.91 Å². The first-order valence-electron chi connectivity index (χ1n) is 9.64. The zero-order valence-corrected chi connectivity index (χ0v) is 20.8. The van der Waals surface area contributed by atoms with Gasteiger partial charge in [0.05, 0.1) is 38.2 Å². The summed E-state index contributed by atoms with van der Waals surface area (Å²) < 4.78 is -1.35. The number of anilines is 1. The molecule has 2 N–H and O–H groups in total. The average molecular weight is 557 g/mol. The van der Waals surface area contributed by atoms with Crippen LogP contribution in [0.25, 0.3) is 0 Å². The summed E-state index contributed by atoms with van der Waals surface area (Å²) in [6, 6.07) is 7.69. The number of carbonyl (C=O) groups is 2. The van der Waals surface area contributed by atoms with Gasteiger partial charge in [-0.1, -0.05) is 46.4 Å². The van der Waals surface area contributed by atoms with Crippen LogP contribution >= 0.6 is 69.6 Å². The van der Waals surface area contributed by atoms with Crippen LogP contribution in [0.15, 0.2) is 30.3 Å². The standard InChI is InChI=1S/C21H16Cl6N2O3/c22-13-4-3-11(7-12(13)19(30)29-32-8-9-1-2-9)28-20(31)17-16(21(17,26)27)10-5-14(23)18(25)15(24)6-10/h3-7,9,16-17H,1-2,8H2,(H,28,31)(H,29,30). The lowest BCUT2D eigenvalue weighted by Crippen LogP contribution is -2.25. The number of rotatable bonds is 7. The molecule has 32 heavy (non-hydrogen) atoms. The third-order valence-corrected chi connectivity index (χ3v) is 7.83. The topological polar surface area (TPSA) is 67.4 Å². The SMILES string of the molecule is O=C(NOCC1CC1)c1cc(NC(=O)C2C(c3cc(Cl)c(Cl)c(Cl)c3)C2(Cl)Cl)ccc1Cl. The van der Waals surface area contributed by atoms with Gasteiger partial charge in [0.25, 0.3) is 5.91 Å². The first kappa shape index (κ1) is 24.2. The van der Waals surface area contributed by atoms with Crippen molar-refractivity contribution in [3.63, 3.8) is 0 Å². The van der Waals surface area contributed by atoms with Crippen LogP contribution in [-0.2, 0) is 9.63 Å². The van der Waals surface area contributed by atoms with Gasteiger partial charge in [-0.15, -0.1) is 23.2 Å². The van der Waals surface area contributed by atoms with Crippen LogP contribution in [0.1, 0.15) is 34.7 Å². The molecule has 2 amide bonds. The molecule has 0 heterocycles. The Labute approximate surface area is 214 Å². The number of hydrogen-bond acceptors (Lipinski definition) is 3. The number of alkyl halides is 2. The lowest BCUT2D eigenvalue weighted by atomic mass is 10.1. The van der Waals surface area contributed by atoms with Gasteiger partial charge in [-0.25, -0.2) is 5.48 Å². The van der Waals surface area contributed by atoms with Gasteiger partial charge in [0.1, 0.15) is 4.33 Å². The summed E-state index contributed by atoms with van der Waals surface area (Å²) in [7, 11) is 0. The summed E-state index contributed by atoms with van der Waals surface area (Å²) in [5, 5.41) is 3.63. The Bertz CT molecular complexity index is 1070. The van der Waals surface area contributed by atoms with Crippen LogP contribution in [0.3, 0.4) is 0 Å². The first-order chi connectivity index (χ1) is 15.1. The van der Waals surface area contributed by atoms with E-state index in [0.717, 1.165) is 12.8 Å². The van der Waals surface area contributed by atoms with E-state index >= 15 is 0 Å². The molecule has 0 radical (unpaired) electrons. The Hall–Kier alpha value is -0.920. The zero-order chi connectivity index (χ0) is 23.2. The van der Waals surface area contributed by atoms with Crippen LogP contribution in [0.4, 0.5) is 5.69 Å². The predicted octanol–water partition coefficient (Wildman–Crippen LogP) is 6.90. The highest BCUT2D eigenvalue weighted by Gasteiger charge is 2.67. The van der Waals surface area contributed by atoms with E-state index in [0.29, 0.717) is 23.8 Å². The normalized spacial score (nSPS) is 21.2. The van der Waals surface area contributed by atoms with Crippen LogP contribution < -0.4 is 10.8 Å². The summed E-state index contributed by atoms with van der Waals surface area (Å²) in [6.45, 7) is 0.453. The van der Waals surface area contributed by atoms with Crippen LogP contribution in [0, 0.1) is 11.8 Å². The molecule has 2 aromatic carbocycles. The minimum atomic E-state index is -1.35. The fourth-order valence-electron chi connectivity index (χ4n) is 3.38. The Morgan fingerprint density at radius 3 is 2.28 bits per heavy atom. The third-order valence-electron chi connectivity index (χ3n) is 5.36. The fraction of sp³-hybridized carbons (Fsp3) is 0.333. The molecule has 2 fully saturated rings. The molecule has 2 aliphatic rings. The molecule has 2 aliphatic carbocycles. The monoisotopic (exact) mass is 554 g/mol. The van der Waals surface area contributed by atoms with E-state index in [9.17, 15) is 9.59 Å². The Morgan fingerprint density at radius 2 is 1.66 bits per heavy atom. The lowest BCUT2D eigenvalue weighted by molar-refractivity contribution is -0.117. The molecule has 170 valence electrons. The molecule has 2 atom stereocenters. The molecule has 0 aromatic heterocycles. The number of carbonyl (C=O) groups excluding carboxylic acids is 2. The Morgan fingerprint density at radius 1 is 1.00 bits per heavy atom. The second-order valence-electron chi connectivity index (χ2n) is 7.80. The van der Waals surface area contributed by atoms with Crippen molar-refractivity contribution in [2.75, 3.05) is 11.9 Å². The smallest absolute Gasteiger partial charge is 0.276 e. The van der Waals surface area contributed by atoms with E-state index in [1.54, 1.807) is 18.2 Å². The number of benzene rings is 2. The van der Waals surface area contributed by atoms with Gasteiger partial charge in [0.15, 0.2) is 0 Å². The van der Waals surface area contributed by atoms with Crippen LogP contribution in [-0.4, -0.2) is 22.8 Å². The molecular weight excluding hydrogens is 541 g/mol. The highest BCUT2D eigenvalue weighted by molar-refractivity contribution is 6.54. The lowest BCUT2D eigenvalue weighted by Gasteiger charge is -2.10. The maximum absolute atomic E-state index is 12.9. The minimum absolute atomic E-state index is 0.159. The summed E-state index contributed by atoms with van der Waals surface area (Å²) in [6.07, 6.45) is 2.19. The van der Waals surface area contributed by atoms with E-state index in [4.69, 9.17) is 74.4 Å². The molecule has 0 bridgehead atoms. The number of halogens is 6. The van der Waals surface area contributed by atoms with E-state index in [2.05, 4.69) is 10.8 Å². The highest BCUT2D eigenvalue weighted by atomic mass is 35.5. The molecule has 0 aliphatic heterocycles. The molecule has 4 rings (SSSR count). The van der Waals surface area contributed by atoms with E-state index in [1.807, 2.05) is 0 Å². The Balaban J connectivity index is 1.46. The quantitative estimate of drug-likeness (QED) is 0.221. The van der Waals surface area contributed by atoms with Crippen molar-refractivity contribution in [2.45, 2.75) is 23.1 Å². The Kier molecular flexibility index (Phi) is 7.10. The van der Waals surface area contributed by atoms with Crippen molar-refractivity contribution in [1.82, 2.24) is 5.48 Å². The maximum atomic E-state index is 12.9. The van der Waals surface area contributed by atoms with Gasteiger partial charge in [-0.2, -0.15) is 0 Å². The average Bonchev–Trinajstić information content (AvgIpc) is 3.63. The zero-order valence-electron chi connectivity index (χ0n) is 16.2. The summed E-state index contributed by atoms with van der Waals surface area (Å²) in [4.78, 5) is 30.5. The molecule has 2 aromatic rings. The largest absolute Gasteiger partial charge is 0.326 e. The number of amides is 2. The predicted molar refractivity (Wildman–Crippen MR) is 128 cm³/mol. The minimum Gasteiger partial charge on any atom is -0.326 e. The molecular formula is C21H16Cl6N2O3. The molecule has 2 unspecified atom stereocenters. The van der Waals surface area contributed by atoms with Crippen LogP contribution in [0.2, 0.25) is 20.1 Å². The van der Waals surface area contributed by atoms with Crippen molar-refractivity contribution in [2.24, 2.45) is 11.8 Å². The van der Waals surface area contributed by atoms with Crippen LogP contribution in [0.5, 0.6) is 0 Å². The highest BCUT2D eigenvalue weighted by Crippen LogP contribution is 2.65. The first-order valence-corrected chi connectivity index (χ1v) is 11.9. The molecule has 0 spiro atoms. The number of hydroxylamine groups is 1. The van der Waals surface area contributed by atoms with Crippen molar-refractivity contribution in [3.05, 3.63) is 61.5 Å². The maximum Gasteiger partial charge on any atom is 0.276 e. The van der Waals surface area contributed by atoms with Gasteiger partial charge in [0, 0.05) is 11.6 Å². The third kappa shape index (κ3) is 5.10. The van der Waals surface area contributed by atoms with Gasteiger partial charge < -0.3 is 5.32 Å². The second kappa shape index (κ2) is 9.38. The fourth-order valence-corrected chi connectivity index (χ4v) is 5.03. The summed E-state index contributed by atoms with van der Waals surface area (Å²) in [5.41, 5.74) is 3.48.